The first-order valence-corrected chi connectivity index (χ1v) is 8.62. The lowest BCUT2D eigenvalue weighted by atomic mass is 10.3. The monoisotopic (exact) mass is 373 g/mol. The van der Waals surface area contributed by atoms with Gasteiger partial charge in [-0.3, -0.25) is 4.72 Å². The molecule has 0 unspecified atom stereocenters. The van der Waals surface area contributed by atoms with Crippen LogP contribution in [0.1, 0.15) is 0 Å². The Morgan fingerprint density at radius 3 is 2.35 bits per heavy atom. The number of anilines is 2. The smallest absolute Gasteiger partial charge is 0.318 e. The van der Waals surface area contributed by atoms with Crippen LogP contribution in [-0.4, -0.2) is 21.5 Å². The molecule has 2 aromatic carbocycles. The summed E-state index contributed by atoms with van der Waals surface area (Å²) in [4.78, 5) is 11.3. The maximum atomic E-state index is 12.3. The van der Waals surface area contributed by atoms with Crippen LogP contribution < -0.4 is 15.4 Å². The van der Waals surface area contributed by atoms with Crippen molar-refractivity contribution in [2.24, 2.45) is 0 Å². The molecule has 0 fully saturated rings. The van der Waals surface area contributed by atoms with Gasteiger partial charge in [-0.05, 0) is 36.4 Å². The van der Waals surface area contributed by atoms with E-state index in [9.17, 15) is 13.2 Å². The molecule has 2 amide bonds. The van der Waals surface area contributed by atoms with E-state index in [0.29, 0.717) is 11.4 Å². The molecule has 0 aliphatic carbocycles. The Hall–Kier alpha value is -1.96. The fourth-order valence-electron chi connectivity index (χ4n) is 1.71. The van der Waals surface area contributed by atoms with Gasteiger partial charge in [0.25, 0.3) is 10.0 Å². The number of urea groups is 1. The van der Waals surface area contributed by atoms with Gasteiger partial charge in [0.05, 0.1) is 20.6 Å². The van der Waals surface area contributed by atoms with E-state index in [4.69, 9.17) is 23.2 Å². The largest absolute Gasteiger partial charge is 0.341 e. The van der Waals surface area contributed by atoms with Crippen LogP contribution in [0.2, 0.25) is 10.0 Å². The second kappa shape index (κ2) is 7.08. The zero-order valence-electron chi connectivity index (χ0n) is 11.9. The highest BCUT2D eigenvalue weighted by molar-refractivity contribution is 7.92. The first kappa shape index (κ1) is 17.4. The average Bonchev–Trinajstić information content (AvgIpc) is 2.49. The first-order valence-electron chi connectivity index (χ1n) is 6.38. The molecular formula is C14H13Cl2N3O3S. The van der Waals surface area contributed by atoms with Gasteiger partial charge in [-0.15, -0.1) is 0 Å². The van der Waals surface area contributed by atoms with Crippen LogP contribution in [-0.2, 0) is 10.0 Å². The summed E-state index contributed by atoms with van der Waals surface area (Å²) < 4.78 is 27.1. The van der Waals surface area contributed by atoms with Gasteiger partial charge in [-0.25, -0.2) is 13.2 Å². The molecule has 0 spiro atoms. The van der Waals surface area contributed by atoms with Gasteiger partial charge in [0.2, 0.25) is 0 Å². The lowest BCUT2D eigenvalue weighted by Gasteiger charge is -2.10. The average molecular weight is 374 g/mol. The third kappa shape index (κ3) is 4.51. The molecule has 0 aliphatic heterocycles. The van der Waals surface area contributed by atoms with E-state index in [1.807, 2.05) is 0 Å². The molecule has 0 saturated carbocycles. The highest BCUT2D eigenvalue weighted by atomic mass is 35.5. The van der Waals surface area contributed by atoms with Gasteiger partial charge in [-0.2, -0.15) is 0 Å². The van der Waals surface area contributed by atoms with Crippen molar-refractivity contribution in [1.82, 2.24) is 5.32 Å². The van der Waals surface area contributed by atoms with Crippen LogP contribution in [0, 0.1) is 0 Å². The molecule has 2 rings (SSSR count). The number of sulfonamides is 1. The second-order valence-electron chi connectivity index (χ2n) is 4.47. The molecule has 0 aromatic heterocycles. The summed E-state index contributed by atoms with van der Waals surface area (Å²) in [6, 6.07) is 9.90. The number of hydrogen-bond acceptors (Lipinski definition) is 3. The minimum Gasteiger partial charge on any atom is -0.341 e. The zero-order valence-corrected chi connectivity index (χ0v) is 14.3. The van der Waals surface area contributed by atoms with Crippen LogP contribution in [0.3, 0.4) is 0 Å². The number of rotatable bonds is 4. The van der Waals surface area contributed by atoms with Crippen molar-refractivity contribution in [2.75, 3.05) is 17.1 Å². The Bertz CT molecular complexity index is 841. The van der Waals surface area contributed by atoms with E-state index in [-0.39, 0.29) is 14.9 Å². The van der Waals surface area contributed by atoms with Gasteiger partial charge in [0.1, 0.15) is 0 Å². The van der Waals surface area contributed by atoms with Crippen LogP contribution in [0.15, 0.2) is 47.4 Å². The SMILES string of the molecule is CNC(=O)Nc1cccc(NS(=O)(=O)c2ccc(Cl)c(Cl)c2)c1. The van der Waals surface area contributed by atoms with E-state index >= 15 is 0 Å². The van der Waals surface area contributed by atoms with Crippen LogP contribution in [0.4, 0.5) is 16.2 Å². The molecule has 3 N–H and O–H groups in total. The quantitative estimate of drug-likeness (QED) is 0.765. The summed E-state index contributed by atoms with van der Waals surface area (Å²) >= 11 is 11.6. The van der Waals surface area contributed by atoms with Crippen molar-refractivity contribution in [3.05, 3.63) is 52.5 Å². The van der Waals surface area contributed by atoms with Gasteiger partial charge in [-0.1, -0.05) is 29.3 Å². The Kier molecular flexibility index (Phi) is 5.35. The Morgan fingerprint density at radius 2 is 1.70 bits per heavy atom. The van der Waals surface area contributed by atoms with Crippen molar-refractivity contribution in [1.29, 1.82) is 0 Å². The van der Waals surface area contributed by atoms with Gasteiger partial charge >= 0.3 is 6.03 Å². The number of amides is 2. The third-order valence-corrected chi connectivity index (χ3v) is 4.92. The maximum Gasteiger partial charge on any atom is 0.318 e. The molecule has 0 radical (unpaired) electrons. The first-order chi connectivity index (χ1) is 10.8. The number of hydrogen-bond donors (Lipinski definition) is 3. The predicted octanol–water partition coefficient (Wildman–Crippen LogP) is 3.55. The number of carbonyl (C=O) groups is 1. The fourth-order valence-corrected chi connectivity index (χ4v) is 3.15. The summed E-state index contributed by atoms with van der Waals surface area (Å²) in [7, 11) is -2.35. The van der Waals surface area contributed by atoms with Gasteiger partial charge in [0.15, 0.2) is 0 Å². The molecule has 0 bridgehead atoms. The minimum absolute atomic E-state index is 0.0171. The highest BCUT2D eigenvalue weighted by Gasteiger charge is 2.16. The van der Waals surface area contributed by atoms with Crippen LogP contribution in [0.5, 0.6) is 0 Å². The molecule has 122 valence electrons. The summed E-state index contributed by atoms with van der Waals surface area (Å²) in [5.74, 6) is 0. The van der Waals surface area contributed by atoms with Gasteiger partial charge in [0, 0.05) is 12.7 Å². The van der Waals surface area contributed by atoms with Crippen molar-refractivity contribution in [3.63, 3.8) is 0 Å². The molecular weight excluding hydrogens is 361 g/mol. The third-order valence-electron chi connectivity index (χ3n) is 2.80. The number of carbonyl (C=O) groups excluding carboxylic acids is 1. The van der Waals surface area contributed by atoms with E-state index in [2.05, 4.69) is 15.4 Å². The molecule has 9 heteroatoms. The lowest BCUT2D eigenvalue weighted by molar-refractivity contribution is 0.254. The van der Waals surface area contributed by atoms with E-state index in [0.717, 1.165) is 0 Å². The number of halogens is 2. The molecule has 2 aromatic rings. The standard InChI is InChI=1S/C14H13Cl2N3O3S/c1-17-14(20)18-9-3-2-4-10(7-9)19-23(21,22)11-5-6-12(15)13(16)8-11/h2-8,19H,1H3,(H2,17,18,20). The van der Waals surface area contributed by atoms with Crippen molar-refractivity contribution >= 4 is 50.6 Å². The van der Waals surface area contributed by atoms with E-state index in [1.54, 1.807) is 18.2 Å². The second-order valence-corrected chi connectivity index (χ2v) is 6.96. The maximum absolute atomic E-state index is 12.3. The Morgan fingerprint density at radius 1 is 1.00 bits per heavy atom. The lowest BCUT2D eigenvalue weighted by Crippen LogP contribution is -2.24. The molecule has 0 aliphatic rings. The normalized spacial score (nSPS) is 10.9. The van der Waals surface area contributed by atoms with Crippen molar-refractivity contribution in [2.45, 2.75) is 4.90 Å². The van der Waals surface area contributed by atoms with Gasteiger partial charge < -0.3 is 10.6 Å². The fraction of sp³-hybridized carbons (Fsp3) is 0.0714. The van der Waals surface area contributed by atoms with E-state index in [1.165, 1.54) is 31.3 Å². The summed E-state index contributed by atoms with van der Waals surface area (Å²) in [5.41, 5.74) is 0.740. The molecule has 23 heavy (non-hydrogen) atoms. The molecule has 0 saturated heterocycles. The van der Waals surface area contributed by atoms with Crippen molar-refractivity contribution in [3.8, 4) is 0 Å². The summed E-state index contributed by atoms with van der Waals surface area (Å²) in [6.45, 7) is 0. The van der Waals surface area contributed by atoms with Crippen LogP contribution >= 0.6 is 23.2 Å². The molecule has 0 heterocycles. The Labute approximate surface area is 143 Å². The Balaban J connectivity index is 2.25. The summed E-state index contributed by atoms with van der Waals surface area (Å²) in [6.07, 6.45) is 0. The highest BCUT2D eigenvalue weighted by Crippen LogP contribution is 2.26. The summed E-state index contributed by atoms with van der Waals surface area (Å²) in [5, 5.41) is 5.36. The van der Waals surface area contributed by atoms with Crippen LogP contribution in [0.25, 0.3) is 0 Å². The van der Waals surface area contributed by atoms with Crippen molar-refractivity contribution < 1.29 is 13.2 Å². The number of benzene rings is 2. The number of nitrogens with one attached hydrogen (secondary N) is 3. The molecule has 0 atom stereocenters. The van der Waals surface area contributed by atoms with E-state index < -0.39 is 16.1 Å². The molecule has 6 nitrogen and oxygen atoms in total. The predicted molar refractivity (Wildman–Crippen MR) is 91.8 cm³/mol. The minimum atomic E-state index is -3.82. The zero-order chi connectivity index (χ0) is 17.0. The topological polar surface area (TPSA) is 87.3 Å².